The summed E-state index contributed by atoms with van der Waals surface area (Å²) in [6.07, 6.45) is 2.79. The zero-order chi connectivity index (χ0) is 14.1. The van der Waals surface area contributed by atoms with Crippen molar-refractivity contribution >= 4 is 11.6 Å². The molecule has 0 bridgehead atoms. The summed E-state index contributed by atoms with van der Waals surface area (Å²) >= 11 is 6.26. The van der Waals surface area contributed by atoms with E-state index in [1.165, 1.54) is 24.9 Å². The molecule has 1 N–H and O–H groups in total. The minimum absolute atomic E-state index is 0.202. The van der Waals surface area contributed by atoms with Gasteiger partial charge in [-0.2, -0.15) is 0 Å². The van der Waals surface area contributed by atoms with Crippen LogP contribution in [0.3, 0.4) is 0 Å². The standard InChI is InChI=1S/C16H23ClN2O/c1-11-5-6-12(8-14(11)17)16(18-2)15-9-19-7-3-4-13(19)10-20-15/h5-6,8,13,15-16,18H,3-4,7,9-10H2,1-2H3. The minimum Gasteiger partial charge on any atom is -0.373 e. The maximum Gasteiger partial charge on any atom is 0.0897 e. The van der Waals surface area contributed by atoms with Gasteiger partial charge in [-0.3, -0.25) is 4.90 Å². The second-order valence-corrected chi connectivity index (χ2v) is 6.34. The first-order valence-electron chi connectivity index (χ1n) is 7.48. The van der Waals surface area contributed by atoms with E-state index < -0.39 is 0 Å². The number of aryl methyl sites for hydroxylation is 1. The van der Waals surface area contributed by atoms with Crippen LogP contribution in [0.15, 0.2) is 18.2 Å². The number of nitrogens with one attached hydrogen (secondary N) is 1. The zero-order valence-electron chi connectivity index (χ0n) is 12.2. The van der Waals surface area contributed by atoms with E-state index in [-0.39, 0.29) is 12.1 Å². The highest BCUT2D eigenvalue weighted by Crippen LogP contribution is 2.30. The number of hydrogen-bond acceptors (Lipinski definition) is 3. The van der Waals surface area contributed by atoms with Gasteiger partial charge in [0.15, 0.2) is 0 Å². The summed E-state index contributed by atoms with van der Waals surface area (Å²) in [5, 5.41) is 4.24. The van der Waals surface area contributed by atoms with Gasteiger partial charge in [0, 0.05) is 17.6 Å². The lowest BCUT2D eigenvalue weighted by Crippen LogP contribution is -2.50. The number of rotatable bonds is 3. The molecule has 3 rings (SSSR count). The van der Waals surface area contributed by atoms with Crippen molar-refractivity contribution in [2.45, 2.75) is 38.0 Å². The van der Waals surface area contributed by atoms with Crippen molar-refractivity contribution in [2.24, 2.45) is 0 Å². The van der Waals surface area contributed by atoms with Gasteiger partial charge in [0.2, 0.25) is 0 Å². The van der Waals surface area contributed by atoms with Gasteiger partial charge in [-0.15, -0.1) is 0 Å². The van der Waals surface area contributed by atoms with Crippen LogP contribution in [0.4, 0.5) is 0 Å². The third kappa shape index (κ3) is 2.73. The van der Waals surface area contributed by atoms with Crippen molar-refractivity contribution < 1.29 is 4.74 Å². The second-order valence-electron chi connectivity index (χ2n) is 5.94. The summed E-state index contributed by atoms with van der Waals surface area (Å²) in [4.78, 5) is 2.58. The fourth-order valence-electron chi connectivity index (χ4n) is 3.41. The van der Waals surface area contributed by atoms with Crippen LogP contribution in [0.1, 0.15) is 30.0 Å². The van der Waals surface area contributed by atoms with Crippen LogP contribution < -0.4 is 5.32 Å². The number of fused-ring (bicyclic) bond motifs is 1. The lowest BCUT2D eigenvalue weighted by molar-refractivity contribution is -0.0642. The fourth-order valence-corrected chi connectivity index (χ4v) is 3.60. The average molecular weight is 295 g/mol. The molecule has 2 fully saturated rings. The fraction of sp³-hybridized carbons (Fsp3) is 0.625. The quantitative estimate of drug-likeness (QED) is 0.928. The van der Waals surface area contributed by atoms with Gasteiger partial charge >= 0.3 is 0 Å². The van der Waals surface area contributed by atoms with Gasteiger partial charge in [-0.25, -0.2) is 0 Å². The molecular weight excluding hydrogens is 272 g/mol. The van der Waals surface area contributed by atoms with Crippen LogP contribution in [-0.2, 0) is 4.74 Å². The lowest BCUT2D eigenvalue weighted by atomic mass is 9.98. The van der Waals surface area contributed by atoms with E-state index in [9.17, 15) is 0 Å². The molecule has 20 heavy (non-hydrogen) atoms. The van der Waals surface area contributed by atoms with Crippen LogP contribution >= 0.6 is 11.6 Å². The molecule has 2 aliphatic rings. The normalized spacial score (nSPS) is 28.4. The van der Waals surface area contributed by atoms with Crippen LogP contribution in [0.2, 0.25) is 5.02 Å². The van der Waals surface area contributed by atoms with Crippen molar-refractivity contribution in [3.63, 3.8) is 0 Å². The molecule has 2 saturated heterocycles. The van der Waals surface area contributed by atoms with Gasteiger partial charge in [0.25, 0.3) is 0 Å². The molecule has 2 aliphatic heterocycles. The Kier molecular flexibility index (Phi) is 4.32. The summed E-state index contributed by atoms with van der Waals surface area (Å²) in [6.45, 7) is 5.13. The van der Waals surface area contributed by atoms with Crippen LogP contribution in [0, 0.1) is 6.92 Å². The van der Waals surface area contributed by atoms with Crippen LogP contribution in [-0.4, -0.2) is 43.8 Å². The highest BCUT2D eigenvalue weighted by Gasteiger charge is 2.35. The van der Waals surface area contributed by atoms with E-state index >= 15 is 0 Å². The predicted octanol–water partition coefficient (Wildman–Crippen LogP) is 2.77. The number of morpholine rings is 1. The van der Waals surface area contributed by atoms with E-state index in [2.05, 4.69) is 28.4 Å². The molecule has 0 amide bonds. The summed E-state index contributed by atoms with van der Waals surface area (Å²) in [6, 6.07) is 7.16. The van der Waals surface area contributed by atoms with E-state index in [1.807, 2.05) is 14.0 Å². The molecule has 0 aromatic heterocycles. The van der Waals surface area contributed by atoms with Crippen molar-refractivity contribution in [3.05, 3.63) is 34.3 Å². The molecule has 110 valence electrons. The Morgan fingerprint density at radius 2 is 2.30 bits per heavy atom. The molecule has 3 unspecified atom stereocenters. The van der Waals surface area contributed by atoms with Crippen molar-refractivity contribution in [3.8, 4) is 0 Å². The summed E-state index contributed by atoms with van der Waals surface area (Å²) in [7, 11) is 2.00. The molecule has 0 radical (unpaired) electrons. The first-order valence-corrected chi connectivity index (χ1v) is 7.86. The van der Waals surface area contributed by atoms with Gasteiger partial charge in [0.1, 0.15) is 0 Å². The minimum atomic E-state index is 0.202. The molecule has 3 nitrogen and oxygen atoms in total. The van der Waals surface area contributed by atoms with E-state index in [1.54, 1.807) is 0 Å². The third-order valence-corrected chi connectivity index (χ3v) is 5.06. The molecular formula is C16H23ClN2O. The van der Waals surface area contributed by atoms with Crippen LogP contribution in [0.5, 0.6) is 0 Å². The first-order chi connectivity index (χ1) is 9.69. The van der Waals surface area contributed by atoms with E-state index in [0.717, 1.165) is 23.7 Å². The first kappa shape index (κ1) is 14.3. The second kappa shape index (κ2) is 6.02. The molecule has 3 atom stereocenters. The topological polar surface area (TPSA) is 24.5 Å². The maximum atomic E-state index is 6.26. The van der Waals surface area contributed by atoms with Crippen molar-refractivity contribution in [2.75, 3.05) is 26.7 Å². The largest absolute Gasteiger partial charge is 0.373 e. The molecule has 0 saturated carbocycles. The number of benzene rings is 1. The van der Waals surface area contributed by atoms with Crippen molar-refractivity contribution in [1.29, 1.82) is 0 Å². The number of likely N-dealkylation sites (N-methyl/N-ethyl adjacent to an activating group) is 1. The number of halogens is 1. The smallest absolute Gasteiger partial charge is 0.0897 e. The SMILES string of the molecule is CNC(c1ccc(C)c(Cl)c1)C1CN2CCCC2CO1. The Bertz CT molecular complexity index is 480. The number of nitrogens with zero attached hydrogens (tertiary/aromatic N) is 1. The van der Waals surface area contributed by atoms with Crippen molar-refractivity contribution in [1.82, 2.24) is 10.2 Å². The maximum absolute atomic E-state index is 6.26. The Morgan fingerprint density at radius 1 is 1.45 bits per heavy atom. The van der Waals surface area contributed by atoms with E-state index in [0.29, 0.717) is 6.04 Å². The van der Waals surface area contributed by atoms with E-state index in [4.69, 9.17) is 16.3 Å². The molecule has 4 heteroatoms. The molecule has 2 heterocycles. The lowest BCUT2D eigenvalue weighted by Gasteiger charge is -2.39. The Balaban J connectivity index is 1.77. The molecule has 0 spiro atoms. The highest BCUT2D eigenvalue weighted by atomic mass is 35.5. The number of ether oxygens (including phenoxy) is 1. The van der Waals surface area contributed by atoms with Gasteiger partial charge in [-0.1, -0.05) is 23.7 Å². The Morgan fingerprint density at radius 3 is 3.05 bits per heavy atom. The third-order valence-electron chi connectivity index (χ3n) is 4.65. The van der Waals surface area contributed by atoms with Gasteiger partial charge < -0.3 is 10.1 Å². The Hall–Kier alpha value is -0.610. The summed E-state index contributed by atoms with van der Waals surface area (Å²) in [5.74, 6) is 0. The molecule has 1 aromatic carbocycles. The zero-order valence-corrected chi connectivity index (χ0v) is 13.0. The number of hydrogen-bond donors (Lipinski definition) is 1. The average Bonchev–Trinajstić information content (AvgIpc) is 2.91. The molecule has 0 aliphatic carbocycles. The van der Waals surface area contributed by atoms with Gasteiger partial charge in [-0.05, 0) is 50.6 Å². The highest BCUT2D eigenvalue weighted by molar-refractivity contribution is 6.31. The summed E-state index contributed by atoms with van der Waals surface area (Å²) < 4.78 is 6.12. The van der Waals surface area contributed by atoms with Gasteiger partial charge in [0.05, 0.1) is 18.8 Å². The molecule has 1 aromatic rings. The predicted molar refractivity (Wildman–Crippen MR) is 82.3 cm³/mol. The monoisotopic (exact) mass is 294 g/mol. The Labute approximate surface area is 126 Å². The summed E-state index contributed by atoms with van der Waals surface area (Å²) in [5.41, 5.74) is 2.33. The van der Waals surface area contributed by atoms with Crippen LogP contribution in [0.25, 0.3) is 0 Å².